The van der Waals surface area contributed by atoms with E-state index in [0.717, 1.165) is 5.56 Å². The molecule has 6 nitrogen and oxygen atoms in total. The molecular formula is C17H17N3O3. The molecule has 3 rings (SSSR count). The molecule has 0 radical (unpaired) electrons. The van der Waals surface area contributed by atoms with Crippen LogP contribution in [0.25, 0.3) is 0 Å². The van der Waals surface area contributed by atoms with E-state index in [4.69, 9.17) is 0 Å². The van der Waals surface area contributed by atoms with Gasteiger partial charge in [0.2, 0.25) is 0 Å². The molecule has 1 atom stereocenters. The normalized spacial score (nSPS) is 16.8. The smallest absolute Gasteiger partial charge is 0.331 e. The highest BCUT2D eigenvalue weighted by atomic mass is 16.4. The minimum Gasteiger partial charge on any atom is -0.479 e. The van der Waals surface area contributed by atoms with Crippen molar-refractivity contribution in [2.24, 2.45) is 0 Å². The van der Waals surface area contributed by atoms with Gasteiger partial charge < -0.3 is 10.0 Å². The van der Waals surface area contributed by atoms with E-state index in [1.807, 2.05) is 12.1 Å². The van der Waals surface area contributed by atoms with Crippen LogP contribution in [-0.2, 0) is 11.2 Å². The fourth-order valence-electron chi connectivity index (χ4n) is 3.00. The van der Waals surface area contributed by atoms with Gasteiger partial charge in [-0.1, -0.05) is 24.3 Å². The summed E-state index contributed by atoms with van der Waals surface area (Å²) in [5.41, 5.74) is 2.55. The SMILES string of the molecule is Cc1ncc(C(=O)N2CCc3ccccc3C2C(=O)O)c(C)n1. The molecular weight excluding hydrogens is 294 g/mol. The highest BCUT2D eigenvalue weighted by Crippen LogP contribution is 2.31. The first-order valence-corrected chi connectivity index (χ1v) is 7.41. The Morgan fingerprint density at radius 3 is 2.70 bits per heavy atom. The van der Waals surface area contributed by atoms with Crippen molar-refractivity contribution >= 4 is 11.9 Å². The van der Waals surface area contributed by atoms with Crippen LogP contribution < -0.4 is 0 Å². The molecule has 1 aromatic carbocycles. The molecule has 1 aromatic heterocycles. The summed E-state index contributed by atoms with van der Waals surface area (Å²) in [5.74, 6) is -0.793. The number of hydrogen-bond acceptors (Lipinski definition) is 4. The lowest BCUT2D eigenvalue weighted by Crippen LogP contribution is -2.43. The maximum atomic E-state index is 12.8. The van der Waals surface area contributed by atoms with Crippen LogP contribution >= 0.6 is 0 Å². The number of aromatic nitrogens is 2. The van der Waals surface area contributed by atoms with Gasteiger partial charge in [0.1, 0.15) is 5.82 Å². The average molecular weight is 311 g/mol. The molecule has 0 bridgehead atoms. The van der Waals surface area contributed by atoms with E-state index in [2.05, 4.69) is 9.97 Å². The number of aryl methyl sites for hydroxylation is 2. The summed E-state index contributed by atoms with van der Waals surface area (Å²) >= 11 is 0. The van der Waals surface area contributed by atoms with E-state index in [0.29, 0.717) is 35.6 Å². The van der Waals surface area contributed by atoms with E-state index < -0.39 is 12.0 Å². The van der Waals surface area contributed by atoms with Gasteiger partial charge in [-0.3, -0.25) is 4.79 Å². The first-order chi connectivity index (χ1) is 11.0. The van der Waals surface area contributed by atoms with Gasteiger partial charge in [0, 0.05) is 12.7 Å². The van der Waals surface area contributed by atoms with E-state index in [-0.39, 0.29) is 5.91 Å². The quantitative estimate of drug-likeness (QED) is 0.916. The lowest BCUT2D eigenvalue weighted by molar-refractivity contribution is -0.143. The second-order valence-corrected chi connectivity index (χ2v) is 5.60. The third-order valence-electron chi connectivity index (χ3n) is 4.11. The molecule has 1 amide bonds. The van der Waals surface area contributed by atoms with Crippen molar-refractivity contribution in [2.75, 3.05) is 6.54 Å². The van der Waals surface area contributed by atoms with Crippen LogP contribution in [0.3, 0.4) is 0 Å². The zero-order chi connectivity index (χ0) is 16.6. The maximum absolute atomic E-state index is 12.8. The fraction of sp³-hybridized carbons (Fsp3) is 0.294. The first-order valence-electron chi connectivity index (χ1n) is 7.41. The molecule has 0 spiro atoms. The Labute approximate surface area is 133 Å². The predicted octanol–water partition coefficient (Wildman–Crippen LogP) is 1.92. The number of carboxylic acid groups (broad SMARTS) is 1. The van der Waals surface area contributed by atoms with Crippen LogP contribution in [-0.4, -0.2) is 38.4 Å². The van der Waals surface area contributed by atoms with E-state index >= 15 is 0 Å². The molecule has 0 saturated heterocycles. The summed E-state index contributed by atoms with van der Waals surface area (Å²) in [6.07, 6.45) is 2.11. The van der Waals surface area contributed by atoms with Gasteiger partial charge in [0.25, 0.3) is 5.91 Å². The van der Waals surface area contributed by atoms with Crippen molar-refractivity contribution in [2.45, 2.75) is 26.3 Å². The molecule has 0 fully saturated rings. The van der Waals surface area contributed by atoms with Gasteiger partial charge in [0.15, 0.2) is 6.04 Å². The van der Waals surface area contributed by atoms with E-state index in [1.54, 1.807) is 26.0 Å². The molecule has 2 heterocycles. The summed E-state index contributed by atoms with van der Waals surface area (Å²) in [5, 5.41) is 9.64. The maximum Gasteiger partial charge on any atom is 0.331 e. The van der Waals surface area contributed by atoms with Crippen molar-refractivity contribution in [3.8, 4) is 0 Å². The summed E-state index contributed by atoms with van der Waals surface area (Å²) in [6.45, 7) is 3.84. The van der Waals surface area contributed by atoms with Crippen molar-refractivity contribution in [1.29, 1.82) is 0 Å². The van der Waals surface area contributed by atoms with Gasteiger partial charge in [0.05, 0.1) is 11.3 Å². The number of hydrogen-bond donors (Lipinski definition) is 1. The summed E-state index contributed by atoms with van der Waals surface area (Å²) in [4.78, 5) is 34.3. The highest BCUT2D eigenvalue weighted by Gasteiger charge is 2.36. The molecule has 23 heavy (non-hydrogen) atoms. The number of carbonyl (C=O) groups excluding carboxylic acids is 1. The number of fused-ring (bicyclic) bond motifs is 1. The Balaban J connectivity index is 2.02. The molecule has 1 aliphatic heterocycles. The van der Waals surface area contributed by atoms with Gasteiger partial charge >= 0.3 is 5.97 Å². The molecule has 118 valence electrons. The van der Waals surface area contributed by atoms with Crippen LogP contribution in [0.2, 0.25) is 0 Å². The third kappa shape index (κ3) is 2.67. The molecule has 0 saturated carbocycles. The Bertz CT molecular complexity index is 788. The second kappa shape index (κ2) is 5.79. The highest BCUT2D eigenvalue weighted by molar-refractivity contribution is 5.97. The monoisotopic (exact) mass is 311 g/mol. The van der Waals surface area contributed by atoms with Crippen LogP contribution in [0.1, 0.15) is 39.0 Å². The van der Waals surface area contributed by atoms with Gasteiger partial charge in [-0.2, -0.15) is 0 Å². The van der Waals surface area contributed by atoms with Gasteiger partial charge in [-0.05, 0) is 31.4 Å². The summed E-state index contributed by atoms with van der Waals surface area (Å²) in [7, 11) is 0. The zero-order valence-electron chi connectivity index (χ0n) is 13.0. The number of carbonyl (C=O) groups is 2. The number of carboxylic acids is 1. The van der Waals surface area contributed by atoms with Crippen LogP contribution in [0, 0.1) is 13.8 Å². The first kappa shape index (κ1) is 15.1. The van der Waals surface area contributed by atoms with E-state index in [9.17, 15) is 14.7 Å². The van der Waals surface area contributed by atoms with Crippen molar-refractivity contribution < 1.29 is 14.7 Å². The van der Waals surface area contributed by atoms with E-state index in [1.165, 1.54) is 11.1 Å². The standard InChI is InChI=1S/C17H17N3O3/c1-10-14(9-18-11(2)19-10)16(21)20-8-7-12-5-3-4-6-13(12)15(20)17(22)23/h3-6,9,15H,7-8H2,1-2H3,(H,22,23). The van der Waals surface area contributed by atoms with Crippen LogP contribution in [0.5, 0.6) is 0 Å². The van der Waals surface area contributed by atoms with Crippen LogP contribution in [0.15, 0.2) is 30.5 Å². The predicted molar refractivity (Wildman–Crippen MR) is 83.1 cm³/mol. The zero-order valence-corrected chi connectivity index (χ0v) is 13.0. The summed E-state index contributed by atoms with van der Waals surface area (Å²) < 4.78 is 0. The Kier molecular flexibility index (Phi) is 3.82. The van der Waals surface area contributed by atoms with Gasteiger partial charge in [-0.25, -0.2) is 14.8 Å². The second-order valence-electron chi connectivity index (χ2n) is 5.60. The average Bonchev–Trinajstić information content (AvgIpc) is 2.53. The fourth-order valence-corrected chi connectivity index (χ4v) is 3.00. The number of amides is 1. The van der Waals surface area contributed by atoms with Crippen molar-refractivity contribution in [1.82, 2.24) is 14.9 Å². The molecule has 2 aromatic rings. The van der Waals surface area contributed by atoms with Crippen molar-refractivity contribution in [3.63, 3.8) is 0 Å². The topological polar surface area (TPSA) is 83.4 Å². The minimum absolute atomic E-state index is 0.343. The number of rotatable bonds is 2. The summed E-state index contributed by atoms with van der Waals surface area (Å²) in [6, 6.07) is 6.38. The Morgan fingerprint density at radius 1 is 1.26 bits per heavy atom. The Morgan fingerprint density at radius 2 is 2.00 bits per heavy atom. The molecule has 6 heteroatoms. The third-order valence-corrected chi connectivity index (χ3v) is 4.11. The molecule has 1 N–H and O–H groups in total. The molecule has 1 unspecified atom stereocenters. The molecule has 1 aliphatic rings. The lowest BCUT2D eigenvalue weighted by Gasteiger charge is -2.34. The van der Waals surface area contributed by atoms with Gasteiger partial charge in [-0.15, -0.1) is 0 Å². The minimum atomic E-state index is -1.03. The van der Waals surface area contributed by atoms with Crippen molar-refractivity contribution in [3.05, 3.63) is 58.7 Å². The molecule has 0 aliphatic carbocycles. The lowest BCUT2D eigenvalue weighted by atomic mass is 9.92. The number of nitrogens with zero attached hydrogens (tertiary/aromatic N) is 3. The Hall–Kier alpha value is -2.76. The largest absolute Gasteiger partial charge is 0.479 e. The van der Waals surface area contributed by atoms with Crippen LogP contribution in [0.4, 0.5) is 0 Å². The number of aliphatic carboxylic acids is 1. The number of benzene rings is 1.